The fourth-order valence-electron chi connectivity index (χ4n) is 2.26. The van der Waals surface area contributed by atoms with Crippen LogP contribution in [0.4, 0.5) is 0 Å². The summed E-state index contributed by atoms with van der Waals surface area (Å²) in [5, 5.41) is 12.4. The number of aliphatic hydroxyl groups is 1. The van der Waals surface area contributed by atoms with Crippen molar-refractivity contribution in [1.82, 2.24) is 14.6 Å². The van der Waals surface area contributed by atoms with Gasteiger partial charge in [0.1, 0.15) is 4.90 Å². The maximum absolute atomic E-state index is 12.6. The quantitative estimate of drug-likeness (QED) is 0.772. The Bertz CT molecular complexity index is 547. The molecular weight excluding hydrogens is 346 g/mol. The lowest BCUT2D eigenvalue weighted by Gasteiger charge is -2.24. The summed E-state index contributed by atoms with van der Waals surface area (Å²) >= 11 is 3.22. The Morgan fingerprint density at radius 1 is 1.50 bits per heavy atom. The van der Waals surface area contributed by atoms with E-state index < -0.39 is 10.0 Å². The normalized spacial score (nSPS) is 19.6. The third kappa shape index (κ3) is 3.76. The highest BCUT2D eigenvalue weighted by atomic mass is 79.9. The molecule has 6 nitrogen and oxygen atoms in total. The summed E-state index contributed by atoms with van der Waals surface area (Å²) in [6.45, 7) is 1.17. The Balaban J connectivity index is 2.21. The summed E-state index contributed by atoms with van der Waals surface area (Å²) in [5.74, 6) is 0. The molecule has 1 aromatic rings. The van der Waals surface area contributed by atoms with E-state index in [1.54, 1.807) is 0 Å². The highest BCUT2D eigenvalue weighted by Crippen LogP contribution is 2.20. The third-order valence-electron chi connectivity index (χ3n) is 3.25. The average Bonchev–Trinajstić information content (AvgIpc) is 2.91. The van der Waals surface area contributed by atoms with Crippen molar-refractivity contribution in [2.24, 2.45) is 0 Å². The van der Waals surface area contributed by atoms with Crippen molar-refractivity contribution in [3.05, 3.63) is 22.9 Å². The van der Waals surface area contributed by atoms with E-state index in [1.165, 1.54) is 22.8 Å². The van der Waals surface area contributed by atoms with Crippen LogP contribution in [0, 0.1) is 0 Å². The molecule has 2 rings (SSSR count). The highest BCUT2D eigenvalue weighted by Gasteiger charge is 2.28. The predicted molar refractivity (Wildman–Crippen MR) is 78.8 cm³/mol. The second-order valence-corrected chi connectivity index (χ2v) is 7.57. The minimum atomic E-state index is -3.63. The molecule has 1 aliphatic rings. The lowest BCUT2D eigenvalue weighted by Crippen LogP contribution is -2.42. The van der Waals surface area contributed by atoms with Gasteiger partial charge in [0.15, 0.2) is 0 Å². The zero-order chi connectivity index (χ0) is 14.6. The summed E-state index contributed by atoms with van der Waals surface area (Å²) in [5.41, 5.74) is 0. The van der Waals surface area contributed by atoms with Crippen molar-refractivity contribution < 1.29 is 13.5 Å². The SMILES string of the molecule is O=S(=O)(c1cncc(Br)c1)N(CCO)CC1CCCN1. The van der Waals surface area contributed by atoms with Crippen LogP contribution in [-0.4, -0.2) is 55.1 Å². The molecule has 2 heterocycles. The molecule has 1 aromatic heterocycles. The molecule has 1 atom stereocenters. The first-order valence-corrected chi connectivity index (χ1v) is 8.72. The first-order valence-electron chi connectivity index (χ1n) is 6.49. The molecule has 0 spiro atoms. The molecule has 1 unspecified atom stereocenters. The fraction of sp³-hybridized carbons (Fsp3) is 0.583. The highest BCUT2D eigenvalue weighted by molar-refractivity contribution is 9.10. The lowest BCUT2D eigenvalue weighted by molar-refractivity contribution is 0.246. The largest absolute Gasteiger partial charge is 0.395 e. The summed E-state index contributed by atoms with van der Waals surface area (Å²) in [4.78, 5) is 4.03. The summed E-state index contributed by atoms with van der Waals surface area (Å²) < 4.78 is 27.1. The van der Waals surface area contributed by atoms with Crippen molar-refractivity contribution in [1.29, 1.82) is 0 Å². The van der Waals surface area contributed by atoms with Crippen LogP contribution in [0.25, 0.3) is 0 Å². The molecule has 0 bridgehead atoms. The van der Waals surface area contributed by atoms with E-state index in [-0.39, 0.29) is 24.1 Å². The fourth-order valence-corrected chi connectivity index (χ4v) is 4.24. The topological polar surface area (TPSA) is 82.5 Å². The molecule has 112 valence electrons. The first-order chi connectivity index (χ1) is 9.54. The van der Waals surface area contributed by atoms with Crippen LogP contribution in [0.1, 0.15) is 12.8 Å². The number of nitrogens with zero attached hydrogens (tertiary/aromatic N) is 2. The van der Waals surface area contributed by atoms with E-state index in [0.29, 0.717) is 11.0 Å². The Hall–Kier alpha value is -0.540. The maximum atomic E-state index is 12.6. The van der Waals surface area contributed by atoms with Gasteiger partial charge >= 0.3 is 0 Å². The van der Waals surface area contributed by atoms with Gasteiger partial charge < -0.3 is 10.4 Å². The first kappa shape index (κ1) is 15.8. The minimum absolute atomic E-state index is 0.0903. The van der Waals surface area contributed by atoms with Crippen LogP contribution in [0.15, 0.2) is 27.8 Å². The number of hydrogen-bond acceptors (Lipinski definition) is 5. The number of nitrogens with one attached hydrogen (secondary N) is 1. The number of pyridine rings is 1. The molecule has 1 aliphatic heterocycles. The standard InChI is InChI=1S/C12H18BrN3O3S/c13-10-6-12(8-14-7-10)20(18,19)16(4-5-17)9-11-2-1-3-15-11/h6-8,11,15,17H,1-5,9H2. The third-order valence-corrected chi connectivity index (χ3v) is 5.52. The van der Waals surface area contributed by atoms with E-state index in [4.69, 9.17) is 5.11 Å². The van der Waals surface area contributed by atoms with E-state index in [9.17, 15) is 8.42 Å². The van der Waals surface area contributed by atoms with E-state index in [0.717, 1.165) is 19.4 Å². The molecule has 2 N–H and O–H groups in total. The Labute approximate surface area is 127 Å². The Morgan fingerprint density at radius 3 is 2.90 bits per heavy atom. The molecule has 1 fully saturated rings. The van der Waals surface area contributed by atoms with Gasteiger partial charge in [0, 0.05) is 36.0 Å². The molecular formula is C12H18BrN3O3S. The van der Waals surface area contributed by atoms with Gasteiger partial charge in [-0.2, -0.15) is 4.31 Å². The summed E-state index contributed by atoms with van der Waals surface area (Å²) in [7, 11) is -3.63. The van der Waals surface area contributed by atoms with Crippen molar-refractivity contribution >= 4 is 26.0 Å². The van der Waals surface area contributed by atoms with E-state index in [2.05, 4.69) is 26.2 Å². The van der Waals surface area contributed by atoms with Crippen LogP contribution in [-0.2, 0) is 10.0 Å². The summed E-state index contributed by atoms with van der Waals surface area (Å²) in [6, 6.07) is 1.67. The number of sulfonamides is 1. The lowest BCUT2D eigenvalue weighted by atomic mass is 10.2. The van der Waals surface area contributed by atoms with Gasteiger partial charge in [-0.25, -0.2) is 8.42 Å². The molecule has 0 aromatic carbocycles. The van der Waals surface area contributed by atoms with Crippen LogP contribution in [0.2, 0.25) is 0 Å². The van der Waals surface area contributed by atoms with Gasteiger partial charge in [-0.05, 0) is 41.4 Å². The number of aromatic nitrogens is 1. The van der Waals surface area contributed by atoms with Gasteiger partial charge in [0.05, 0.1) is 6.61 Å². The number of rotatable bonds is 6. The number of hydrogen-bond donors (Lipinski definition) is 2. The van der Waals surface area contributed by atoms with Crippen molar-refractivity contribution in [3.8, 4) is 0 Å². The molecule has 0 radical (unpaired) electrons. The molecule has 0 aliphatic carbocycles. The van der Waals surface area contributed by atoms with Gasteiger partial charge in [0.25, 0.3) is 0 Å². The van der Waals surface area contributed by atoms with Crippen LogP contribution >= 0.6 is 15.9 Å². The van der Waals surface area contributed by atoms with Crippen molar-refractivity contribution in [2.75, 3.05) is 26.2 Å². The Kier molecular flexibility index (Phi) is 5.50. The van der Waals surface area contributed by atoms with Crippen LogP contribution < -0.4 is 5.32 Å². The predicted octanol–water partition coefficient (Wildman–Crippen LogP) is 0.579. The molecule has 20 heavy (non-hydrogen) atoms. The van der Waals surface area contributed by atoms with E-state index in [1.807, 2.05) is 0 Å². The monoisotopic (exact) mass is 363 g/mol. The van der Waals surface area contributed by atoms with Gasteiger partial charge in [-0.15, -0.1) is 0 Å². The zero-order valence-corrected chi connectivity index (χ0v) is 13.4. The van der Waals surface area contributed by atoms with Gasteiger partial charge in [-0.3, -0.25) is 4.98 Å². The van der Waals surface area contributed by atoms with Crippen molar-refractivity contribution in [2.45, 2.75) is 23.8 Å². The molecule has 8 heteroatoms. The number of halogens is 1. The summed E-state index contributed by atoms with van der Waals surface area (Å²) in [6.07, 6.45) is 4.87. The van der Waals surface area contributed by atoms with E-state index >= 15 is 0 Å². The number of aliphatic hydroxyl groups excluding tert-OH is 1. The average molecular weight is 364 g/mol. The maximum Gasteiger partial charge on any atom is 0.244 e. The second kappa shape index (κ2) is 6.95. The molecule has 0 saturated carbocycles. The minimum Gasteiger partial charge on any atom is -0.395 e. The van der Waals surface area contributed by atoms with Gasteiger partial charge in [0.2, 0.25) is 10.0 Å². The second-order valence-electron chi connectivity index (χ2n) is 4.72. The molecule has 1 saturated heterocycles. The van der Waals surface area contributed by atoms with Gasteiger partial charge in [-0.1, -0.05) is 0 Å². The Morgan fingerprint density at radius 2 is 2.30 bits per heavy atom. The molecule has 0 amide bonds. The zero-order valence-electron chi connectivity index (χ0n) is 11.0. The smallest absolute Gasteiger partial charge is 0.244 e. The van der Waals surface area contributed by atoms with Crippen molar-refractivity contribution in [3.63, 3.8) is 0 Å². The van der Waals surface area contributed by atoms with Crippen LogP contribution in [0.3, 0.4) is 0 Å². The van der Waals surface area contributed by atoms with Crippen LogP contribution in [0.5, 0.6) is 0 Å².